The van der Waals surface area contributed by atoms with Crippen LogP contribution in [-0.2, 0) is 6.54 Å². The summed E-state index contributed by atoms with van der Waals surface area (Å²) in [6.45, 7) is 5.82. The summed E-state index contributed by atoms with van der Waals surface area (Å²) in [6.07, 6.45) is 5.20. The van der Waals surface area contributed by atoms with Crippen molar-refractivity contribution in [1.82, 2.24) is 19.8 Å². The summed E-state index contributed by atoms with van der Waals surface area (Å²) in [5.41, 5.74) is 2.29. The molecule has 3 aliphatic heterocycles. The Morgan fingerprint density at radius 2 is 1.96 bits per heavy atom. The number of nitrogens with zero attached hydrogens (tertiary/aromatic N) is 6. The molecule has 2 aromatic rings. The largest absolute Gasteiger partial charge is 0.354 e. The van der Waals surface area contributed by atoms with E-state index in [0.717, 1.165) is 56.3 Å². The van der Waals surface area contributed by atoms with Crippen molar-refractivity contribution in [2.75, 3.05) is 56.1 Å². The van der Waals surface area contributed by atoms with Crippen molar-refractivity contribution >= 4 is 29.1 Å². The summed E-state index contributed by atoms with van der Waals surface area (Å²) in [4.78, 5) is 30.1. The maximum absolute atomic E-state index is 13.2. The number of anilines is 2. The SMILES string of the molecule is CN1CCN(C(=O)N2CC3(C2)CN(c2cnccn2)C3)c2ccc(Cl)cc2C1. The highest BCUT2D eigenvalue weighted by Gasteiger charge is 2.54. The van der Waals surface area contributed by atoms with Gasteiger partial charge in [-0.15, -0.1) is 0 Å². The van der Waals surface area contributed by atoms with E-state index in [9.17, 15) is 4.79 Å². The van der Waals surface area contributed by atoms with Crippen LogP contribution >= 0.6 is 11.6 Å². The zero-order chi connectivity index (χ0) is 19.3. The second kappa shape index (κ2) is 6.60. The molecule has 0 unspecified atom stereocenters. The van der Waals surface area contributed by atoms with Crippen LogP contribution in [0.4, 0.5) is 16.3 Å². The summed E-state index contributed by atoms with van der Waals surface area (Å²) in [6, 6.07) is 5.92. The summed E-state index contributed by atoms with van der Waals surface area (Å²) in [5.74, 6) is 0.916. The number of likely N-dealkylation sites (tertiary alicyclic amines) is 1. The predicted molar refractivity (Wildman–Crippen MR) is 109 cm³/mol. The van der Waals surface area contributed by atoms with Gasteiger partial charge in [0.2, 0.25) is 0 Å². The van der Waals surface area contributed by atoms with Crippen LogP contribution in [0.1, 0.15) is 5.56 Å². The number of aromatic nitrogens is 2. The fourth-order valence-corrected chi connectivity index (χ4v) is 4.75. The van der Waals surface area contributed by atoms with Crippen LogP contribution < -0.4 is 9.80 Å². The Kier molecular flexibility index (Phi) is 4.17. The molecule has 8 heteroatoms. The first-order valence-corrected chi connectivity index (χ1v) is 9.95. The van der Waals surface area contributed by atoms with Gasteiger partial charge in [-0.3, -0.25) is 9.88 Å². The molecule has 2 saturated heterocycles. The second-order valence-corrected chi connectivity index (χ2v) is 8.66. The van der Waals surface area contributed by atoms with Gasteiger partial charge in [0, 0.05) is 68.6 Å². The third kappa shape index (κ3) is 2.99. The normalized spacial score (nSPS) is 21.0. The van der Waals surface area contributed by atoms with Gasteiger partial charge in [0.1, 0.15) is 5.82 Å². The van der Waals surface area contributed by atoms with E-state index in [4.69, 9.17) is 11.6 Å². The molecule has 0 N–H and O–H groups in total. The standard InChI is InChI=1S/C20H23ClN6O/c1-24-6-7-27(17-3-2-16(21)8-15(17)10-24)19(28)26-13-20(14-26)11-25(12-20)18-9-22-4-5-23-18/h2-5,8-9H,6-7,10-14H2,1H3. The Morgan fingerprint density at radius 3 is 2.71 bits per heavy atom. The van der Waals surface area contributed by atoms with E-state index in [1.165, 1.54) is 0 Å². The van der Waals surface area contributed by atoms with Gasteiger partial charge in [0.15, 0.2) is 0 Å². The van der Waals surface area contributed by atoms with Gasteiger partial charge >= 0.3 is 6.03 Å². The fraction of sp³-hybridized carbons (Fsp3) is 0.450. The molecule has 28 heavy (non-hydrogen) atoms. The lowest BCUT2D eigenvalue weighted by Gasteiger charge is -2.60. The van der Waals surface area contributed by atoms with Crippen molar-refractivity contribution in [1.29, 1.82) is 0 Å². The molecule has 146 valence electrons. The van der Waals surface area contributed by atoms with Gasteiger partial charge in [-0.1, -0.05) is 11.6 Å². The van der Waals surface area contributed by atoms with Crippen molar-refractivity contribution < 1.29 is 4.79 Å². The molecule has 1 aromatic heterocycles. The van der Waals surface area contributed by atoms with Crippen molar-refractivity contribution in [2.24, 2.45) is 5.41 Å². The van der Waals surface area contributed by atoms with Crippen LogP contribution in [0.25, 0.3) is 0 Å². The number of fused-ring (bicyclic) bond motifs is 1. The minimum absolute atomic E-state index is 0.0995. The van der Waals surface area contributed by atoms with Crippen LogP contribution in [0.5, 0.6) is 0 Å². The lowest BCUT2D eigenvalue weighted by molar-refractivity contribution is 0.00961. The second-order valence-electron chi connectivity index (χ2n) is 8.22. The first-order chi connectivity index (χ1) is 13.5. The molecule has 2 fully saturated rings. The number of halogens is 1. The highest BCUT2D eigenvalue weighted by Crippen LogP contribution is 2.42. The first-order valence-electron chi connectivity index (χ1n) is 9.57. The summed E-state index contributed by atoms with van der Waals surface area (Å²) in [5, 5.41) is 0.711. The van der Waals surface area contributed by atoms with Crippen LogP contribution in [-0.4, -0.2) is 72.1 Å². The van der Waals surface area contributed by atoms with Crippen molar-refractivity contribution in [3.8, 4) is 0 Å². The van der Waals surface area contributed by atoms with Crippen LogP contribution in [0.15, 0.2) is 36.8 Å². The zero-order valence-corrected chi connectivity index (χ0v) is 16.6. The minimum Gasteiger partial charge on any atom is -0.354 e. The molecule has 4 heterocycles. The van der Waals surface area contributed by atoms with Crippen LogP contribution in [0.3, 0.4) is 0 Å². The summed E-state index contributed by atoms with van der Waals surface area (Å²) >= 11 is 6.19. The van der Waals surface area contributed by atoms with E-state index in [2.05, 4.69) is 26.8 Å². The summed E-state index contributed by atoms with van der Waals surface area (Å²) in [7, 11) is 2.08. The number of benzene rings is 1. The Bertz CT molecular complexity index is 893. The Balaban J connectivity index is 1.26. The quantitative estimate of drug-likeness (QED) is 0.738. The predicted octanol–water partition coefficient (Wildman–Crippen LogP) is 2.32. The van der Waals surface area contributed by atoms with Gasteiger partial charge in [-0.05, 0) is 30.8 Å². The molecule has 0 radical (unpaired) electrons. The molecular formula is C20H23ClN6O. The van der Waals surface area contributed by atoms with E-state index in [0.29, 0.717) is 11.6 Å². The number of hydrogen-bond donors (Lipinski definition) is 0. The smallest absolute Gasteiger partial charge is 0.324 e. The first kappa shape index (κ1) is 17.7. The average molecular weight is 399 g/mol. The van der Waals surface area contributed by atoms with E-state index < -0.39 is 0 Å². The lowest BCUT2D eigenvalue weighted by Crippen LogP contribution is -2.74. The molecule has 0 saturated carbocycles. The topological polar surface area (TPSA) is 55.8 Å². The minimum atomic E-state index is 0.0995. The molecule has 0 aliphatic carbocycles. The summed E-state index contributed by atoms with van der Waals surface area (Å²) < 4.78 is 0. The van der Waals surface area contributed by atoms with Gasteiger partial charge in [-0.25, -0.2) is 9.78 Å². The number of carbonyl (C=O) groups is 1. The third-order valence-electron chi connectivity index (χ3n) is 5.96. The highest BCUT2D eigenvalue weighted by molar-refractivity contribution is 6.30. The van der Waals surface area contributed by atoms with E-state index in [1.807, 2.05) is 28.0 Å². The molecule has 3 aliphatic rings. The van der Waals surface area contributed by atoms with Crippen molar-refractivity contribution in [3.05, 3.63) is 47.4 Å². The van der Waals surface area contributed by atoms with Gasteiger partial charge in [0.05, 0.1) is 11.9 Å². The maximum Gasteiger partial charge on any atom is 0.324 e. The highest BCUT2D eigenvalue weighted by atomic mass is 35.5. The zero-order valence-electron chi connectivity index (χ0n) is 15.9. The van der Waals surface area contributed by atoms with E-state index >= 15 is 0 Å². The molecular weight excluding hydrogens is 376 g/mol. The van der Waals surface area contributed by atoms with Gasteiger partial charge < -0.3 is 14.7 Å². The van der Waals surface area contributed by atoms with Crippen LogP contribution in [0.2, 0.25) is 5.02 Å². The average Bonchev–Trinajstić information content (AvgIpc) is 2.77. The van der Waals surface area contributed by atoms with Crippen molar-refractivity contribution in [3.63, 3.8) is 0 Å². The number of carbonyl (C=O) groups excluding carboxylic acids is 1. The third-order valence-corrected chi connectivity index (χ3v) is 6.19. The molecule has 5 rings (SSSR count). The van der Waals surface area contributed by atoms with Gasteiger partial charge in [-0.2, -0.15) is 0 Å². The van der Waals surface area contributed by atoms with Crippen molar-refractivity contribution in [2.45, 2.75) is 6.54 Å². The molecule has 0 bridgehead atoms. The number of likely N-dealkylation sites (N-methyl/N-ethyl adjacent to an activating group) is 1. The molecule has 0 atom stereocenters. The molecule has 2 amide bonds. The maximum atomic E-state index is 13.2. The van der Waals surface area contributed by atoms with Gasteiger partial charge in [0.25, 0.3) is 0 Å². The fourth-order valence-electron chi connectivity index (χ4n) is 4.55. The lowest BCUT2D eigenvalue weighted by atomic mass is 9.73. The Morgan fingerprint density at radius 1 is 1.14 bits per heavy atom. The molecule has 1 aromatic carbocycles. The monoisotopic (exact) mass is 398 g/mol. The van der Waals surface area contributed by atoms with E-state index in [-0.39, 0.29) is 11.4 Å². The number of amides is 2. The molecule has 7 nitrogen and oxygen atoms in total. The Labute approximate surface area is 169 Å². The number of urea groups is 1. The Hall–Kier alpha value is -2.38. The number of rotatable bonds is 1. The van der Waals surface area contributed by atoms with E-state index in [1.54, 1.807) is 18.6 Å². The number of hydrogen-bond acceptors (Lipinski definition) is 5. The van der Waals surface area contributed by atoms with Crippen LogP contribution in [0, 0.1) is 5.41 Å². The molecule has 1 spiro atoms.